The summed E-state index contributed by atoms with van der Waals surface area (Å²) < 4.78 is 22.1. The van der Waals surface area contributed by atoms with E-state index in [1.165, 1.54) is 89.9 Å². The van der Waals surface area contributed by atoms with Crippen LogP contribution in [0.5, 0.6) is 0 Å². The molecule has 1 heterocycles. The number of allylic oxidation sites excluding steroid dienone is 6. The van der Waals surface area contributed by atoms with Gasteiger partial charge in [0.25, 0.3) is 0 Å². The quantitative estimate of drug-likeness (QED) is 0.0272. The van der Waals surface area contributed by atoms with Crippen LogP contribution >= 0.6 is 0 Å². The van der Waals surface area contributed by atoms with Crippen molar-refractivity contribution in [1.82, 2.24) is 0 Å². The van der Waals surface area contributed by atoms with Crippen molar-refractivity contribution in [2.45, 2.75) is 224 Å². The zero-order valence-electron chi connectivity index (χ0n) is 35.4. The highest BCUT2D eigenvalue weighted by molar-refractivity contribution is 5.70. The molecule has 0 aromatic heterocycles. The molecular formula is C46H82O10. The van der Waals surface area contributed by atoms with E-state index in [4.69, 9.17) is 18.9 Å². The third-order valence-electron chi connectivity index (χ3n) is 10.2. The molecule has 0 amide bonds. The first-order valence-electron chi connectivity index (χ1n) is 22.6. The highest BCUT2D eigenvalue weighted by Crippen LogP contribution is 2.22. The third kappa shape index (κ3) is 28.3. The molecule has 1 aliphatic rings. The summed E-state index contributed by atoms with van der Waals surface area (Å²) in [7, 11) is 0. The maximum absolute atomic E-state index is 12.7. The van der Waals surface area contributed by atoms with Crippen LogP contribution < -0.4 is 0 Å². The maximum atomic E-state index is 12.7. The van der Waals surface area contributed by atoms with Crippen LogP contribution in [0.4, 0.5) is 0 Å². The van der Waals surface area contributed by atoms with Crippen LogP contribution in [0.3, 0.4) is 0 Å². The summed E-state index contributed by atoms with van der Waals surface area (Å²) in [6.45, 7) is 3.36. The SMILES string of the molecule is CCCCCCC/C=C/CCCCCCCC(=O)O[C@@H](COC(=O)CCC/C=C/C/C=C/CCCCCCCCCCC)CO[C@H]1O[C@@H](CO)[C@@H](O)C(O)C1O. The normalized spacial score (nSPS) is 20.7. The molecule has 0 aromatic rings. The Morgan fingerprint density at radius 1 is 0.554 bits per heavy atom. The third-order valence-corrected chi connectivity index (χ3v) is 10.2. The lowest BCUT2D eigenvalue weighted by atomic mass is 9.99. The monoisotopic (exact) mass is 795 g/mol. The van der Waals surface area contributed by atoms with Crippen LogP contribution in [0.1, 0.15) is 187 Å². The number of hydrogen-bond acceptors (Lipinski definition) is 10. The smallest absolute Gasteiger partial charge is 0.306 e. The molecule has 10 heteroatoms. The van der Waals surface area contributed by atoms with E-state index in [0.29, 0.717) is 12.8 Å². The fraction of sp³-hybridized carbons (Fsp3) is 0.826. The highest BCUT2D eigenvalue weighted by atomic mass is 16.7. The van der Waals surface area contributed by atoms with Crippen molar-refractivity contribution in [1.29, 1.82) is 0 Å². The van der Waals surface area contributed by atoms with E-state index in [-0.39, 0.29) is 26.1 Å². The van der Waals surface area contributed by atoms with Gasteiger partial charge in [-0.05, 0) is 64.2 Å². The molecule has 4 N–H and O–H groups in total. The number of esters is 2. The van der Waals surface area contributed by atoms with E-state index in [0.717, 1.165) is 57.8 Å². The number of carbonyl (C=O) groups excluding carboxylic acids is 2. The number of ether oxygens (including phenoxy) is 4. The van der Waals surface area contributed by atoms with Gasteiger partial charge in [0.15, 0.2) is 12.4 Å². The first kappa shape index (κ1) is 51.9. The van der Waals surface area contributed by atoms with Gasteiger partial charge < -0.3 is 39.4 Å². The Hall–Kier alpha value is -2.08. The molecule has 0 saturated carbocycles. The van der Waals surface area contributed by atoms with Gasteiger partial charge in [-0.3, -0.25) is 9.59 Å². The number of hydrogen-bond donors (Lipinski definition) is 4. The second kappa shape index (κ2) is 37.2. The molecule has 0 aromatic carbocycles. The van der Waals surface area contributed by atoms with Crippen LogP contribution in [-0.2, 0) is 28.5 Å². The van der Waals surface area contributed by atoms with Crippen molar-refractivity contribution >= 4 is 11.9 Å². The Bertz CT molecular complexity index is 1010. The summed E-state index contributed by atoms with van der Waals surface area (Å²) in [6.07, 6.45) is 34.4. The van der Waals surface area contributed by atoms with E-state index in [1.54, 1.807) is 0 Å². The van der Waals surface area contributed by atoms with Gasteiger partial charge in [-0.25, -0.2) is 0 Å². The number of carbonyl (C=O) groups is 2. The van der Waals surface area contributed by atoms with E-state index in [9.17, 15) is 30.0 Å². The molecule has 1 saturated heterocycles. The van der Waals surface area contributed by atoms with Gasteiger partial charge in [0.05, 0.1) is 13.2 Å². The second-order valence-electron chi connectivity index (χ2n) is 15.5. The fourth-order valence-corrected chi connectivity index (χ4v) is 6.63. The van der Waals surface area contributed by atoms with Gasteiger partial charge in [0, 0.05) is 12.8 Å². The summed E-state index contributed by atoms with van der Waals surface area (Å²) in [5.41, 5.74) is 0. The lowest BCUT2D eigenvalue weighted by molar-refractivity contribution is -0.305. The van der Waals surface area contributed by atoms with Crippen molar-refractivity contribution in [3.8, 4) is 0 Å². The topological polar surface area (TPSA) is 152 Å². The van der Waals surface area contributed by atoms with E-state index in [1.807, 2.05) is 0 Å². The van der Waals surface area contributed by atoms with Crippen molar-refractivity contribution in [3.63, 3.8) is 0 Å². The minimum Gasteiger partial charge on any atom is -0.462 e. The summed E-state index contributed by atoms with van der Waals surface area (Å²) >= 11 is 0. The Kier molecular flexibility index (Phi) is 34.5. The van der Waals surface area contributed by atoms with E-state index >= 15 is 0 Å². The van der Waals surface area contributed by atoms with E-state index in [2.05, 4.69) is 50.3 Å². The molecule has 0 spiro atoms. The Morgan fingerprint density at radius 2 is 1.02 bits per heavy atom. The number of aliphatic hydroxyl groups is 4. The minimum atomic E-state index is -1.60. The summed E-state index contributed by atoms with van der Waals surface area (Å²) in [5, 5.41) is 40.0. The predicted molar refractivity (Wildman–Crippen MR) is 224 cm³/mol. The molecule has 6 atom stereocenters. The fourth-order valence-electron chi connectivity index (χ4n) is 6.63. The summed E-state index contributed by atoms with van der Waals surface area (Å²) in [6, 6.07) is 0. The molecule has 1 fully saturated rings. The second-order valence-corrected chi connectivity index (χ2v) is 15.5. The van der Waals surface area contributed by atoms with Crippen LogP contribution in [0.25, 0.3) is 0 Å². The summed E-state index contributed by atoms with van der Waals surface area (Å²) in [5.74, 6) is -0.868. The maximum Gasteiger partial charge on any atom is 0.306 e. The molecule has 326 valence electrons. The highest BCUT2D eigenvalue weighted by Gasteiger charge is 2.44. The number of aliphatic hydroxyl groups excluding tert-OH is 4. The zero-order chi connectivity index (χ0) is 40.9. The van der Waals surface area contributed by atoms with Gasteiger partial charge in [-0.15, -0.1) is 0 Å². The standard InChI is InChI=1S/C46H82O10/c1-3-5-7-9-11-13-15-17-19-20-21-23-24-26-28-30-32-34-41(48)53-37-39(38-54-46-45(52)44(51)43(50)40(36-47)56-46)55-42(49)35-33-31-29-27-25-22-18-16-14-12-10-8-6-4-2/h16,18,21,23,26,28,39-40,43-47,50-52H,3-15,17,19-20,22,24-25,27,29-38H2,1-2H3/b18-16+,23-21+,28-26+/t39-,40-,43+,44?,45?,46-/m0/s1. The van der Waals surface area contributed by atoms with Crippen molar-refractivity contribution < 1.29 is 49.0 Å². The van der Waals surface area contributed by atoms with Gasteiger partial charge in [-0.1, -0.05) is 147 Å². The number of rotatable bonds is 37. The van der Waals surface area contributed by atoms with Crippen LogP contribution in [-0.4, -0.2) is 89.0 Å². The zero-order valence-corrected chi connectivity index (χ0v) is 35.4. The predicted octanol–water partition coefficient (Wildman–Crippen LogP) is 9.50. The number of unbranched alkanes of at least 4 members (excludes halogenated alkanes) is 20. The van der Waals surface area contributed by atoms with Crippen LogP contribution in [0.15, 0.2) is 36.5 Å². The van der Waals surface area contributed by atoms with Crippen LogP contribution in [0.2, 0.25) is 0 Å². The molecule has 2 unspecified atom stereocenters. The average molecular weight is 795 g/mol. The molecule has 1 aliphatic heterocycles. The molecular weight excluding hydrogens is 712 g/mol. The average Bonchev–Trinajstić information content (AvgIpc) is 3.19. The lowest BCUT2D eigenvalue weighted by Gasteiger charge is -2.39. The van der Waals surface area contributed by atoms with Gasteiger partial charge >= 0.3 is 11.9 Å². The van der Waals surface area contributed by atoms with Gasteiger partial charge in [-0.2, -0.15) is 0 Å². The Labute approximate surface area is 340 Å². The van der Waals surface area contributed by atoms with Crippen molar-refractivity contribution in [2.75, 3.05) is 19.8 Å². The Balaban J connectivity index is 2.36. The largest absolute Gasteiger partial charge is 0.462 e. The van der Waals surface area contributed by atoms with Crippen molar-refractivity contribution in [3.05, 3.63) is 36.5 Å². The molecule has 56 heavy (non-hydrogen) atoms. The van der Waals surface area contributed by atoms with Gasteiger partial charge in [0.1, 0.15) is 31.0 Å². The van der Waals surface area contributed by atoms with Crippen LogP contribution in [0, 0.1) is 0 Å². The molecule has 10 nitrogen and oxygen atoms in total. The van der Waals surface area contributed by atoms with Gasteiger partial charge in [0.2, 0.25) is 0 Å². The Morgan fingerprint density at radius 3 is 1.55 bits per heavy atom. The lowest BCUT2D eigenvalue weighted by Crippen LogP contribution is -2.59. The van der Waals surface area contributed by atoms with Crippen molar-refractivity contribution in [2.24, 2.45) is 0 Å². The summed E-state index contributed by atoms with van der Waals surface area (Å²) in [4.78, 5) is 25.3. The first-order chi connectivity index (χ1) is 27.3. The molecule has 0 aliphatic carbocycles. The minimum absolute atomic E-state index is 0.210. The molecule has 0 radical (unpaired) electrons. The molecule has 0 bridgehead atoms. The molecule has 1 rings (SSSR count). The van der Waals surface area contributed by atoms with E-state index < -0.39 is 55.4 Å². The first-order valence-corrected chi connectivity index (χ1v) is 22.6.